The van der Waals surface area contributed by atoms with E-state index in [1.165, 1.54) is 0 Å². The standard InChI is InChI=1S/C82H58O53/c83-28-1-18(2-29(84)49(28)97)69(109)122-16-42-62(127-70(110)19-3-30(85)50(98)31(86)4-19)65(129-71(111)20-5-32(87)51(99)33(88)6-20)67(79(125-42)133-72(112)21-7-34(89)52(100)35(90)8-21)132-78(118)27-13-39(94)55(103)60(108)61(27)124-41-14-25-46(59(107)57(41)105)45-23(11-38(93)54(102)58(45)106)75(115)130-66-63-43(17-123-74(25)114)126-80(134-73(113)22-9-36(91)53(101)37(92)10-22)68(66)131-76(116)24-12-40(95)56(104)64-47(24)48-26(77(117)128-63)15-44(96)81(119,120)82(48,121)135-64/h1-15,42-43,48,62-63,65-68,79-80,83-95,97-108,119-121H,16-17H2/t42?,43?,48-,62?,63?,65?,66?,67?,68?,79?,80?,82+/m0/s1. The Morgan fingerprint density at radius 2 is 0.748 bits per heavy atom. The van der Waals surface area contributed by atoms with Gasteiger partial charge in [0.05, 0.1) is 56.0 Å². The Bertz CT molecular complexity index is 6630. The van der Waals surface area contributed by atoms with Crippen molar-refractivity contribution in [2.45, 2.75) is 78.9 Å². The Kier molecular flexibility index (Phi) is 22.4. The Labute approximate surface area is 741 Å². The summed E-state index contributed by atoms with van der Waals surface area (Å²) in [6.45, 7) is -3.28. The molecule has 4 bridgehead atoms. The van der Waals surface area contributed by atoms with Crippen molar-refractivity contribution in [2.75, 3.05) is 13.2 Å². The van der Waals surface area contributed by atoms with Crippen LogP contribution in [0, 0.1) is 0 Å². The number of carbonyl (C=O) groups is 11. The molecule has 12 atom stereocenters. The van der Waals surface area contributed by atoms with Crippen molar-refractivity contribution in [1.29, 1.82) is 0 Å². The summed E-state index contributed by atoms with van der Waals surface area (Å²) in [6, 6.07) is 4.63. The maximum atomic E-state index is 15.7. The molecule has 10 unspecified atom stereocenters. The Balaban J connectivity index is 0.874. The van der Waals surface area contributed by atoms with E-state index in [1.54, 1.807) is 0 Å². The second-order valence-electron chi connectivity index (χ2n) is 29.6. The molecule has 9 aromatic carbocycles. The van der Waals surface area contributed by atoms with E-state index in [0.29, 0.717) is 66.7 Å². The molecule has 135 heavy (non-hydrogen) atoms. The van der Waals surface area contributed by atoms with Gasteiger partial charge in [0.2, 0.25) is 59.3 Å². The minimum absolute atomic E-state index is 0.0429. The molecule has 53 heteroatoms. The highest BCUT2D eigenvalue weighted by Gasteiger charge is 2.71. The summed E-state index contributed by atoms with van der Waals surface area (Å²) in [6.07, 6.45) is -28.7. The predicted octanol–water partition coefficient (Wildman–Crippen LogP) is 0.985. The van der Waals surface area contributed by atoms with Gasteiger partial charge in [-0.1, -0.05) is 0 Å². The molecule has 2 fully saturated rings. The van der Waals surface area contributed by atoms with Gasteiger partial charge in [-0.25, -0.2) is 47.9 Å². The fourth-order valence-electron chi connectivity index (χ4n) is 14.7. The maximum absolute atomic E-state index is 15.7. The number of benzene rings is 9. The number of phenols is 25. The first-order valence-electron chi connectivity index (χ1n) is 37.5. The molecule has 5 aliphatic heterocycles. The van der Waals surface area contributed by atoms with Crippen LogP contribution in [0.4, 0.5) is 0 Å². The summed E-state index contributed by atoms with van der Waals surface area (Å²) >= 11 is 0. The summed E-state index contributed by atoms with van der Waals surface area (Å²) < 4.78 is 79.9. The van der Waals surface area contributed by atoms with Crippen molar-refractivity contribution in [1.82, 2.24) is 0 Å². The average molecular weight is 1890 g/mol. The third kappa shape index (κ3) is 15.5. The molecule has 0 radical (unpaired) electrons. The number of rotatable bonds is 15. The van der Waals surface area contributed by atoms with E-state index >= 15 is 24.0 Å². The van der Waals surface area contributed by atoms with Gasteiger partial charge in [-0.05, 0) is 78.9 Å². The highest BCUT2D eigenvalue weighted by atomic mass is 16.8. The van der Waals surface area contributed by atoms with Crippen LogP contribution in [-0.4, -0.2) is 295 Å². The highest BCUT2D eigenvalue weighted by molar-refractivity contribution is 6.10. The van der Waals surface area contributed by atoms with Crippen LogP contribution in [0.5, 0.6) is 161 Å². The fourth-order valence-corrected chi connectivity index (χ4v) is 14.7. The Morgan fingerprint density at radius 1 is 0.356 bits per heavy atom. The number of ketones is 1. The quantitative estimate of drug-likeness (QED) is 0.0294. The summed E-state index contributed by atoms with van der Waals surface area (Å²) in [5.74, 6) is -74.5. The molecule has 0 aromatic heterocycles. The van der Waals surface area contributed by atoms with Crippen LogP contribution in [0.1, 0.15) is 105 Å². The van der Waals surface area contributed by atoms with Crippen LogP contribution >= 0.6 is 0 Å². The monoisotopic (exact) mass is 1890 g/mol. The Hall–Kier alpha value is -18.5. The average Bonchev–Trinajstić information content (AvgIpc) is 1.53. The van der Waals surface area contributed by atoms with Gasteiger partial charge in [0.1, 0.15) is 31.0 Å². The number of hydrogen-bond acceptors (Lipinski definition) is 53. The molecule has 0 amide bonds. The lowest BCUT2D eigenvalue weighted by Gasteiger charge is -2.44. The smallest absolute Gasteiger partial charge is 0.342 e. The van der Waals surface area contributed by atoms with Crippen LogP contribution in [-0.2, 0) is 66.4 Å². The van der Waals surface area contributed by atoms with Gasteiger partial charge in [-0.3, -0.25) is 4.79 Å². The molecule has 5 heterocycles. The zero-order valence-electron chi connectivity index (χ0n) is 66.2. The molecule has 704 valence electrons. The SMILES string of the molecule is O=C1OC2C3COC(=O)c4cc(Oc5c(C(=O)OC6C(OC(=O)c7cc(O)c(O)c(O)c7)OC(COC(=O)c7cc(O)c(O)c(O)c7)C(OC(=O)c7cc(O)c(O)c(O)c7)C6OC(=O)c6cc(O)c(O)c(O)c6)cc(O)c(O)c5O)c(O)c(O)c4-c4c(cc(O)c(O)c4O)C(=O)OC2C(OC(=O)c2cc(O)c(O)c4c2[C@@H]2C1=CC(=O)C(O)(O)[C@]2(O)O4)C(OC(=O)c1cc(O)c(O)c(O)c1)O3. The number of carbonyl (C=O) groups excluding carboxylic acids is 11. The molecule has 53 nitrogen and oxygen atoms in total. The summed E-state index contributed by atoms with van der Waals surface area (Å²) in [5.41, 5.74) is -16.5. The third-order valence-electron chi connectivity index (χ3n) is 21.3. The molecular formula is C82H58O53. The van der Waals surface area contributed by atoms with Crippen molar-refractivity contribution in [3.8, 4) is 172 Å². The lowest BCUT2D eigenvalue weighted by Crippen LogP contribution is -2.66. The van der Waals surface area contributed by atoms with Crippen molar-refractivity contribution >= 4 is 65.5 Å². The molecule has 28 N–H and O–H groups in total. The number of phenolic OH excluding ortho intramolecular Hbond substituents is 25. The van der Waals surface area contributed by atoms with E-state index in [-0.39, 0.29) is 24.3 Å². The van der Waals surface area contributed by atoms with Crippen LogP contribution in [0.3, 0.4) is 0 Å². The van der Waals surface area contributed by atoms with Crippen LogP contribution in [0.15, 0.2) is 96.6 Å². The van der Waals surface area contributed by atoms with E-state index in [2.05, 4.69) is 0 Å². The van der Waals surface area contributed by atoms with Gasteiger partial charge in [0.25, 0.3) is 11.6 Å². The number of cyclic esters (lactones) is 1. The molecule has 6 aliphatic rings. The van der Waals surface area contributed by atoms with E-state index < -0.39 is 391 Å². The lowest BCUT2D eigenvalue weighted by molar-refractivity contribution is -0.323. The summed E-state index contributed by atoms with van der Waals surface area (Å²) in [5, 5.41) is 307. The number of aliphatic hydroxyl groups is 3. The van der Waals surface area contributed by atoms with Gasteiger partial charge in [-0.2, -0.15) is 0 Å². The highest BCUT2D eigenvalue weighted by Crippen LogP contribution is 2.62. The molecule has 1 aliphatic carbocycles. The van der Waals surface area contributed by atoms with Crippen LogP contribution < -0.4 is 9.47 Å². The second kappa shape index (κ2) is 33.2. The first kappa shape index (κ1) is 91.2. The predicted molar refractivity (Wildman–Crippen MR) is 412 cm³/mol. The van der Waals surface area contributed by atoms with Gasteiger partial charge < -0.3 is 209 Å². The lowest BCUT2D eigenvalue weighted by atomic mass is 9.74. The van der Waals surface area contributed by atoms with Crippen molar-refractivity contribution in [2.24, 2.45) is 0 Å². The van der Waals surface area contributed by atoms with E-state index in [1.807, 2.05) is 0 Å². The zero-order chi connectivity index (χ0) is 98.3. The summed E-state index contributed by atoms with van der Waals surface area (Å²) in [7, 11) is 0. The topological polar surface area (TPSA) is 883 Å². The van der Waals surface area contributed by atoms with E-state index in [4.69, 9.17) is 66.3 Å². The minimum atomic E-state index is -4.23. The molecule has 9 aromatic rings. The first-order valence-corrected chi connectivity index (χ1v) is 37.5. The largest absolute Gasteiger partial charge is 0.504 e. The van der Waals surface area contributed by atoms with Crippen molar-refractivity contribution in [3.63, 3.8) is 0 Å². The Morgan fingerprint density at radius 3 is 1.25 bits per heavy atom. The number of aromatic hydroxyl groups is 25. The second-order valence-corrected chi connectivity index (χ2v) is 29.6. The van der Waals surface area contributed by atoms with Gasteiger partial charge in [0.15, 0.2) is 157 Å². The normalized spacial score (nSPS) is 21.8. The van der Waals surface area contributed by atoms with Crippen LogP contribution in [0.2, 0.25) is 0 Å². The third-order valence-corrected chi connectivity index (χ3v) is 21.3. The fraction of sp³-hybridized carbons (Fsp3) is 0.183. The van der Waals surface area contributed by atoms with Gasteiger partial charge in [-0.15, -0.1) is 0 Å². The van der Waals surface area contributed by atoms with E-state index in [0.717, 1.165) is 0 Å². The molecule has 15 rings (SSSR count). The number of hydrogen-bond donors (Lipinski definition) is 28. The number of esters is 10. The number of ether oxygens (including phenoxy) is 14. The van der Waals surface area contributed by atoms with Crippen molar-refractivity contribution < 1.29 is 262 Å². The van der Waals surface area contributed by atoms with Crippen LogP contribution in [0.25, 0.3) is 11.1 Å². The molecule has 0 spiro atoms. The maximum Gasteiger partial charge on any atom is 0.342 e. The van der Waals surface area contributed by atoms with E-state index in [9.17, 15) is 172 Å². The molecular weight excluding hydrogens is 1830 g/mol. The summed E-state index contributed by atoms with van der Waals surface area (Å²) in [4.78, 5) is 163. The zero-order valence-corrected chi connectivity index (χ0v) is 66.2. The molecule has 0 saturated carbocycles. The number of fused-ring (bicyclic) bond motifs is 3. The van der Waals surface area contributed by atoms with Crippen molar-refractivity contribution in [3.05, 3.63) is 152 Å². The van der Waals surface area contributed by atoms with Gasteiger partial charge in [0, 0.05) is 28.8 Å². The minimum Gasteiger partial charge on any atom is -0.504 e. The van der Waals surface area contributed by atoms with Gasteiger partial charge >= 0.3 is 59.7 Å². The first-order chi connectivity index (χ1) is 63.4. The molecule has 2 saturated heterocycles.